The number of allylic oxidation sites excluding steroid dienone is 1. The van der Waals surface area contributed by atoms with Gasteiger partial charge in [0.1, 0.15) is 6.04 Å². The van der Waals surface area contributed by atoms with Gasteiger partial charge in [-0.15, -0.1) is 0 Å². The van der Waals surface area contributed by atoms with Crippen molar-refractivity contribution in [3.05, 3.63) is 12.2 Å². The summed E-state index contributed by atoms with van der Waals surface area (Å²) in [7, 11) is 0. The van der Waals surface area contributed by atoms with Crippen LogP contribution in [0.15, 0.2) is 12.2 Å². The molecule has 0 saturated carbocycles. The summed E-state index contributed by atoms with van der Waals surface area (Å²) in [6.45, 7) is 7.69. The van der Waals surface area contributed by atoms with E-state index in [0.29, 0.717) is 0 Å². The predicted octanol–water partition coefficient (Wildman–Crippen LogP) is 1.11. The van der Waals surface area contributed by atoms with Crippen LogP contribution in [0.3, 0.4) is 0 Å². The number of fused-ring (bicyclic) bond motifs is 1. The topological polar surface area (TPSA) is 95.9 Å². The third-order valence-electron chi connectivity index (χ3n) is 5.55. The molecular formula is C20H32N2O5. The summed E-state index contributed by atoms with van der Waals surface area (Å²) in [6.07, 6.45) is 5.57. The summed E-state index contributed by atoms with van der Waals surface area (Å²) in [5, 5.41) is 12.4. The number of rotatable bonds is 8. The van der Waals surface area contributed by atoms with E-state index in [1.165, 1.54) is 4.90 Å². The van der Waals surface area contributed by atoms with Gasteiger partial charge >= 0.3 is 5.97 Å². The van der Waals surface area contributed by atoms with Crippen molar-refractivity contribution < 1.29 is 24.2 Å². The molecule has 2 amide bonds. The number of aliphatic hydroxyl groups excluding tert-OH is 1. The van der Waals surface area contributed by atoms with Crippen LogP contribution in [0.5, 0.6) is 0 Å². The Balaban J connectivity index is 2.34. The minimum atomic E-state index is -0.713. The lowest BCUT2D eigenvalue weighted by Gasteiger charge is -2.32. The maximum Gasteiger partial charge on any atom is 0.310 e. The number of β-amino-alcohol motifs (C(OH)–C–C–N with tert-alkyl or cyclic N) is 1. The summed E-state index contributed by atoms with van der Waals surface area (Å²) in [5.41, 5.74) is 0. The number of hydrogen-bond acceptors (Lipinski definition) is 5. The van der Waals surface area contributed by atoms with E-state index in [9.17, 15) is 19.5 Å². The fraction of sp³-hybridized carbons (Fsp3) is 0.750. The molecule has 2 N–H and O–H groups in total. The van der Waals surface area contributed by atoms with E-state index in [1.54, 1.807) is 6.92 Å². The second kappa shape index (κ2) is 9.35. The van der Waals surface area contributed by atoms with Gasteiger partial charge in [0.15, 0.2) is 0 Å². The van der Waals surface area contributed by atoms with Crippen LogP contribution >= 0.6 is 0 Å². The number of likely N-dealkylation sites (tertiary alicyclic amines) is 1. The van der Waals surface area contributed by atoms with Gasteiger partial charge in [-0.3, -0.25) is 14.4 Å². The average molecular weight is 380 g/mol. The molecule has 1 saturated heterocycles. The van der Waals surface area contributed by atoms with Crippen molar-refractivity contribution in [3.63, 3.8) is 0 Å². The monoisotopic (exact) mass is 380 g/mol. The Morgan fingerprint density at radius 3 is 2.63 bits per heavy atom. The third kappa shape index (κ3) is 4.34. The van der Waals surface area contributed by atoms with Crippen LogP contribution < -0.4 is 5.32 Å². The molecule has 1 fully saturated rings. The molecule has 0 aromatic carbocycles. The van der Waals surface area contributed by atoms with E-state index in [4.69, 9.17) is 4.74 Å². The predicted molar refractivity (Wildman–Crippen MR) is 101 cm³/mol. The minimum Gasteiger partial charge on any atom is -0.466 e. The maximum absolute atomic E-state index is 13.1. The Bertz CT molecular complexity index is 591. The number of carbonyl (C=O) groups is 3. The van der Waals surface area contributed by atoms with Crippen molar-refractivity contribution in [3.8, 4) is 0 Å². The molecule has 6 atom stereocenters. The van der Waals surface area contributed by atoms with E-state index in [0.717, 1.165) is 12.8 Å². The number of esters is 1. The van der Waals surface area contributed by atoms with Gasteiger partial charge in [0, 0.05) is 18.5 Å². The zero-order valence-corrected chi connectivity index (χ0v) is 16.7. The van der Waals surface area contributed by atoms with E-state index in [2.05, 4.69) is 5.32 Å². The molecule has 0 aromatic rings. The Labute approximate surface area is 161 Å². The largest absolute Gasteiger partial charge is 0.466 e. The van der Waals surface area contributed by atoms with Gasteiger partial charge in [-0.05, 0) is 26.2 Å². The van der Waals surface area contributed by atoms with Crippen molar-refractivity contribution in [2.24, 2.45) is 23.7 Å². The van der Waals surface area contributed by atoms with Crippen molar-refractivity contribution in [1.29, 1.82) is 0 Å². The highest BCUT2D eigenvalue weighted by molar-refractivity contribution is 5.96. The number of ether oxygens (including phenoxy) is 1. The van der Waals surface area contributed by atoms with Crippen LogP contribution in [0.1, 0.15) is 40.5 Å². The lowest BCUT2D eigenvalue weighted by molar-refractivity contribution is -0.155. The zero-order chi connectivity index (χ0) is 20.1. The SMILES string of the molecule is CCCC(C)NC(=O)[C@@H]1[C@H]2C=C[C@@H](C)[C@@H](C(=O)OCC)[C@@H]2C(=O)N1CCO. The fourth-order valence-electron chi connectivity index (χ4n) is 4.37. The second-order valence-corrected chi connectivity index (χ2v) is 7.52. The van der Waals surface area contributed by atoms with Crippen molar-refractivity contribution in [2.75, 3.05) is 19.8 Å². The molecule has 0 radical (unpaired) electrons. The Kier molecular flexibility index (Phi) is 7.41. The second-order valence-electron chi connectivity index (χ2n) is 7.52. The van der Waals surface area contributed by atoms with Crippen molar-refractivity contribution >= 4 is 17.8 Å². The molecule has 27 heavy (non-hydrogen) atoms. The maximum atomic E-state index is 13.1. The Morgan fingerprint density at radius 2 is 2.04 bits per heavy atom. The van der Waals surface area contributed by atoms with Gasteiger partial charge in [-0.2, -0.15) is 0 Å². The van der Waals surface area contributed by atoms with E-state index >= 15 is 0 Å². The Morgan fingerprint density at radius 1 is 1.33 bits per heavy atom. The van der Waals surface area contributed by atoms with Crippen LogP contribution in [0.25, 0.3) is 0 Å². The van der Waals surface area contributed by atoms with Crippen LogP contribution in [-0.4, -0.2) is 59.6 Å². The van der Waals surface area contributed by atoms with Gasteiger partial charge in [0.25, 0.3) is 0 Å². The molecule has 152 valence electrons. The van der Waals surface area contributed by atoms with E-state index < -0.39 is 29.8 Å². The third-order valence-corrected chi connectivity index (χ3v) is 5.55. The molecular weight excluding hydrogens is 348 g/mol. The normalized spacial score (nSPS) is 30.8. The highest BCUT2D eigenvalue weighted by atomic mass is 16.5. The first-order chi connectivity index (χ1) is 12.9. The molecule has 7 nitrogen and oxygen atoms in total. The van der Waals surface area contributed by atoms with Gasteiger partial charge < -0.3 is 20.1 Å². The lowest BCUT2D eigenvalue weighted by atomic mass is 9.70. The summed E-state index contributed by atoms with van der Waals surface area (Å²) in [4.78, 5) is 40.0. The molecule has 7 heteroatoms. The number of amides is 2. The first-order valence-corrected chi connectivity index (χ1v) is 9.93. The summed E-state index contributed by atoms with van der Waals surface area (Å²) in [6, 6.07) is -0.713. The quantitative estimate of drug-likeness (QED) is 0.486. The Hall–Kier alpha value is -1.89. The van der Waals surface area contributed by atoms with Gasteiger partial charge in [-0.25, -0.2) is 0 Å². The van der Waals surface area contributed by atoms with Crippen LogP contribution in [-0.2, 0) is 19.1 Å². The molecule has 1 heterocycles. The lowest BCUT2D eigenvalue weighted by Crippen LogP contribution is -2.50. The molecule has 1 unspecified atom stereocenters. The highest BCUT2D eigenvalue weighted by Crippen LogP contribution is 2.44. The first-order valence-electron chi connectivity index (χ1n) is 9.93. The molecule has 1 aliphatic heterocycles. The summed E-state index contributed by atoms with van der Waals surface area (Å²) in [5.74, 6) is -2.68. The fourth-order valence-corrected chi connectivity index (χ4v) is 4.37. The number of carbonyl (C=O) groups excluding carboxylic acids is 3. The van der Waals surface area contributed by atoms with Gasteiger partial charge in [0.2, 0.25) is 11.8 Å². The smallest absolute Gasteiger partial charge is 0.310 e. The molecule has 2 rings (SSSR count). The van der Waals surface area contributed by atoms with Crippen LogP contribution in [0, 0.1) is 23.7 Å². The first kappa shape index (κ1) is 21.4. The minimum absolute atomic E-state index is 0.0000223. The van der Waals surface area contributed by atoms with E-state index in [-0.39, 0.29) is 43.5 Å². The molecule has 0 aromatic heterocycles. The zero-order valence-electron chi connectivity index (χ0n) is 16.7. The molecule has 1 aliphatic carbocycles. The van der Waals surface area contributed by atoms with E-state index in [1.807, 2.05) is 32.9 Å². The summed E-state index contributed by atoms with van der Waals surface area (Å²) < 4.78 is 5.20. The number of nitrogens with zero attached hydrogens (tertiary/aromatic N) is 1. The van der Waals surface area contributed by atoms with Crippen LogP contribution in [0.2, 0.25) is 0 Å². The molecule has 0 bridgehead atoms. The van der Waals surface area contributed by atoms with Crippen molar-refractivity contribution in [1.82, 2.24) is 10.2 Å². The average Bonchev–Trinajstić information content (AvgIpc) is 2.88. The van der Waals surface area contributed by atoms with Gasteiger partial charge in [-0.1, -0.05) is 32.4 Å². The standard InChI is InChI=1S/C20H32N2O5/c1-5-7-13(4)21-18(24)17-14-9-8-12(3)15(20(26)27-6-2)16(14)19(25)22(17)10-11-23/h8-9,12-17,23H,5-7,10-11H2,1-4H3,(H,21,24)/t12-,13?,14+,15-,16-,17+/m1/s1. The highest BCUT2D eigenvalue weighted by Gasteiger charge is 2.56. The van der Waals surface area contributed by atoms with Gasteiger partial charge in [0.05, 0.1) is 25.0 Å². The number of aliphatic hydroxyl groups is 1. The van der Waals surface area contributed by atoms with Crippen molar-refractivity contribution in [2.45, 2.75) is 52.6 Å². The number of hydrogen-bond donors (Lipinski definition) is 2. The number of nitrogens with one attached hydrogen (secondary N) is 1. The summed E-state index contributed by atoms with van der Waals surface area (Å²) >= 11 is 0. The molecule has 0 spiro atoms. The van der Waals surface area contributed by atoms with Crippen LogP contribution in [0.4, 0.5) is 0 Å². The molecule has 2 aliphatic rings.